The molecule has 0 bridgehead atoms. The van der Waals surface area contributed by atoms with E-state index in [1.807, 2.05) is 6.20 Å². The zero-order valence-corrected chi connectivity index (χ0v) is 12.7. The summed E-state index contributed by atoms with van der Waals surface area (Å²) in [5, 5.41) is 7.03. The van der Waals surface area contributed by atoms with Crippen LogP contribution in [0.3, 0.4) is 0 Å². The number of hydrogen-bond donors (Lipinski definition) is 2. The molecular formula is C16H20F2N4O. The number of nitrogens with zero attached hydrogens (tertiary/aromatic N) is 2. The standard InChI is InChI=1S/C16H20F2N4O/c17-10-1-2-13(18)12(3-10)16-14(19)4-11(8-23-16)22-6-9-5-20-21-15(9)7-22/h1-2,5,11-12,14,16H,3-4,6-8,19H2,(H,20,21)/t11?,12?,14?,16-/m1/s1. The quantitative estimate of drug-likeness (QED) is 0.873. The van der Waals surface area contributed by atoms with Gasteiger partial charge in [0.15, 0.2) is 0 Å². The summed E-state index contributed by atoms with van der Waals surface area (Å²) < 4.78 is 33.4. The molecule has 3 unspecified atom stereocenters. The predicted octanol–water partition coefficient (Wildman–Crippen LogP) is 1.94. The highest BCUT2D eigenvalue weighted by Crippen LogP contribution is 2.36. The number of aromatic nitrogens is 2. The molecule has 1 aromatic heterocycles. The lowest BCUT2D eigenvalue weighted by atomic mass is 9.85. The van der Waals surface area contributed by atoms with Gasteiger partial charge in [-0.05, 0) is 18.6 Å². The van der Waals surface area contributed by atoms with Crippen LogP contribution in [0.25, 0.3) is 0 Å². The van der Waals surface area contributed by atoms with Crippen molar-refractivity contribution in [1.82, 2.24) is 15.1 Å². The summed E-state index contributed by atoms with van der Waals surface area (Å²) in [6.07, 6.45) is 4.49. The molecule has 4 atom stereocenters. The minimum atomic E-state index is -0.605. The van der Waals surface area contributed by atoms with Gasteiger partial charge in [-0.2, -0.15) is 5.10 Å². The Morgan fingerprint density at radius 1 is 1.30 bits per heavy atom. The van der Waals surface area contributed by atoms with Crippen LogP contribution in [0.2, 0.25) is 0 Å². The number of rotatable bonds is 2. The molecule has 0 aromatic carbocycles. The summed E-state index contributed by atoms with van der Waals surface area (Å²) in [5.74, 6) is -1.26. The van der Waals surface area contributed by atoms with Crippen molar-refractivity contribution in [2.75, 3.05) is 6.61 Å². The van der Waals surface area contributed by atoms with Crippen LogP contribution in [-0.2, 0) is 17.8 Å². The number of fused-ring (bicyclic) bond motifs is 1. The highest BCUT2D eigenvalue weighted by Gasteiger charge is 2.40. The smallest absolute Gasteiger partial charge is 0.106 e. The van der Waals surface area contributed by atoms with Crippen LogP contribution in [0.15, 0.2) is 30.0 Å². The van der Waals surface area contributed by atoms with Gasteiger partial charge in [-0.25, -0.2) is 8.78 Å². The van der Waals surface area contributed by atoms with Gasteiger partial charge in [0.25, 0.3) is 0 Å². The molecule has 0 saturated carbocycles. The number of allylic oxidation sites excluding steroid dienone is 3. The fourth-order valence-corrected chi connectivity index (χ4v) is 3.82. The van der Waals surface area contributed by atoms with Crippen molar-refractivity contribution in [3.8, 4) is 0 Å². The van der Waals surface area contributed by atoms with Crippen LogP contribution in [0.1, 0.15) is 24.1 Å². The lowest BCUT2D eigenvalue weighted by molar-refractivity contribution is -0.0729. The van der Waals surface area contributed by atoms with Crippen molar-refractivity contribution >= 4 is 0 Å². The van der Waals surface area contributed by atoms with Crippen LogP contribution >= 0.6 is 0 Å². The number of aromatic amines is 1. The lowest BCUT2D eigenvalue weighted by Gasteiger charge is -2.41. The second-order valence-electron chi connectivity index (χ2n) is 6.61. The van der Waals surface area contributed by atoms with E-state index < -0.39 is 12.0 Å². The van der Waals surface area contributed by atoms with E-state index in [1.165, 1.54) is 17.7 Å². The second kappa shape index (κ2) is 5.81. The minimum absolute atomic E-state index is 0.0331. The number of halogens is 2. The Hall–Kier alpha value is -1.57. The molecule has 0 spiro atoms. The first-order valence-corrected chi connectivity index (χ1v) is 7.96. The number of nitrogens with two attached hydrogens (primary N) is 1. The first-order valence-electron chi connectivity index (χ1n) is 7.96. The maximum absolute atomic E-state index is 14.0. The Bertz CT molecular complexity index is 636. The fourth-order valence-electron chi connectivity index (χ4n) is 3.82. The van der Waals surface area contributed by atoms with Crippen molar-refractivity contribution in [2.24, 2.45) is 11.7 Å². The number of ether oxygens (including phenoxy) is 1. The molecule has 5 nitrogen and oxygen atoms in total. The van der Waals surface area contributed by atoms with Gasteiger partial charge in [0.1, 0.15) is 11.7 Å². The topological polar surface area (TPSA) is 67.2 Å². The summed E-state index contributed by atoms with van der Waals surface area (Å²) in [5.41, 5.74) is 8.58. The largest absolute Gasteiger partial charge is 0.374 e. The first kappa shape index (κ1) is 15.0. The van der Waals surface area contributed by atoms with Gasteiger partial charge in [0, 0.05) is 43.1 Å². The molecular weight excluding hydrogens is 302 g/mol. The van der Waals surface area contributed by atoms with Crippen LogP contribution in [-0.4, -0.2) is 39.9 Å². The molecule has 4 rings (SSSR count). The lowest BCUT2D eigenvalue weighted by Crippen LogP contribution is -2.53. The maximum Gasteiger partial charge on any atom is 0.106 e. The van der Waals surface area contributed by atoms with E-state index in [2.05, 4.69) is 15.1 Å². The normalized spacial score (nSPS) is 34.9. The van der Waals surface area contributed by atoms with E-state index in [0.29, 0.717) is 6.61 Å². The Morgan fingerprint density at radius 2 is 2.17 bits per heavy atom. The summed E-state index contributed by atoms with van der Waals surface area (Å²) in [7, 11) is 0. The molecule has 1 aliphatic carbocycles. The maximum atomic E-state index is 14.0. The molecule has 23 heavy (non-hydrogen) atoms. The van der Waals surface area contributed by atoms with Crippen molar-refractivity contribution in [1.29, 1.82) is 0 Å². The van der Waals surface area contributed by atoms with Crippen molar-refractivity contribution in [2.45, 2.75) is 44.1 Å². The third kappa shape index (κ3) is 2.73. The van der Waals surface area contributed by atoms with Crippen LogP contribution in [0, 0.1) is 5.92 Å². The van der Waals surface area contributed by atoms with Crippen molar-refractivity contribution in [3.05, 3.63) is 41.3 Å². The zero-order chi connectivity index (χ0) is 16.0. The summed E-state index contributed by atoms with van der Waals surface area (Å²) >= 11 is 0. The van der Waals surface area contributed by atoms with Gasteiger partial charge < -0.3 is 10.5 Å². The third-order valence-electron chi connectivity index (χ3n) is 5.09. The molecule has 0 radical (unpaired) electrons. The molecule has 2 aliphatic heterocycles. The van der Waals surface area contributed by atoms with E-state index in [1.54, 1.807) is 0 Å². The monoisotopic (exact) mass is 322 g/mol. The van der Waals surface area contributed by atoms with E-state index in [0.717, 1.165) is 25.2 Å². The van der Waals surface area contributed by atoms with Gasteiger partial charge in [-0.1, -0.05) is 0 Å². The molecule has 124 valence electrons. The Balaban J connectivity index is 1.40. The Kier molecular flexibility index (Phi) is 3.79. The molecule has 1 fully saturated rings. The summed E-state index contributed by atoms with van der Waals surface area (Å²) in [6, 6.07) is -0.112. The fraction of sp³-hybridized carbons (Fsp3) is 0.562. The molecule has 1 aromatic rings. The van der Waals surface area contributed by atoms with Gasteiger partial charge in [0.2, 0.25) is 0 Å². The van der Waals surface area contributed by atoms with Gasteiger partial charge in [-0.3, -0.25) is 10.00 Å². The second-order valence-corrected chi connectivity index (χ2v) is 6.61. The van der Waals surface area contributed by atoms with E-state index in [-0.39, 0.29) is 30.2 Å². The highest BCUT2D eigenvalue weighted by molar-refractivity contribution is 5.23. The van der Waals surface area contributed by atoms with Crippen LogP contribution in [0.4, 0.5) is 8.78 Å². The Morgan fingerprint density at radius 3 is 2.96 bits per heavy atom. The molecule has 1 saturated heterocycles. The molecule has 3 aliphatic rings. The van der Waals surface area contributed by atoms with Crippen LogP contribution in [0.5, 0.6) is 0 Å². The molecule has 0 amide bonds. The van der Waals surface area contributed by atoms with Gasteiger partial charge in [0.05, 0.1) is 24.6 Å². The van der Waals surface area contributed by atoms with E-state index >= 15 is 0 Å². The van der Waals surface area contributed by atoms with Gasteiger partial charge >= 0.3 is 0 Å². The number of hydrogen-bond acceptors (Lipinski definition) is 4. The van der Waals surface area contributed by atoms with Crippen LogP contribution < -0.4 is 5.73 Å². The zero-order valence-electron chi connectivity index (χ0n) is 12.7. The summed E-state index contributed by atoms with van der Waals surface area (Å²) in [6.45, 7) is 2.12. The van der Waals surface area contributed by atoms with Crippen molar-refractivity contribution in [3.63, 3.8) is 0 Å². The molecule has 3 N–H and O–H groups in total. The SMILES string of the molecule is NC1CC(N2Cc3cn[nH]c3C2)CO[C@@H]1C1CC(F)=CC=C1F. The number of H-pyrrole nitrogens is 1. The van der Waals surface area contributed by atoms with E-state index in [4.69, 9.17) is 10.5 Å². The first-order chi connectivity index (χ1) is 11.1. The van der Waals surface area contributed by atoms with Gasteiger partial charge in [-0.15, -0.1) is 0 Å². The predicted molar refractivity (Wildman–Crippen MR) is 80.4 cm³/mol. The summed E-state index contributed by atoms with van der Waals surface area (Å²) in [4.78, 5) is 2.30. The van der Waals surface area contributed by atoms with Crippen molar-refractivity contribution < 1.29 is 13.5 Å². The molecule has 3 heterocycles. The number of nitrogens with one attached hydrogen (secondary N) is 1. The third-order valence-corrected chi connectivity index (χ3v) is 5.09. The Labute approximate surface area is 133 Å². The minimum Gasteiger partial charge on any atom is -0.374 e. The average Bonchev–Trinajstić information content (AvgIpc) is 3.11. The highest BCUT2D eigenvalue weighted by atomic mass is 19.1. The average molecular weight is 322 g/mol. The van der Waals surface area contributed by atoms with E-state index in [9.17, 15) is 8.78 Å². The molecule has 7 heteroatoms.